The SMILES string of the molecule is CN(C(=O)c1ccnc(N2CCc3ccccc32)c1)C1CCCCC1. The van der Waals surface area contributed by atoms with E-state index < -0.39 is 0 Å². The molecule has 0 unspecified atom stereocenters. The zero-order valence-corrected chi connectivity index (χ0v) is 14.8. The lowest BCUT2D eigenvalue weighted by molar-refractivity contribution is 0.0696. The number of carbonyl (C=O) groups excluding carboxylic acids is 1. The van der Waals surface area contributed by atoms with E-state index in [1.807, 2.05) is 24.1 Å². The van der Waals surface area contributed by atoms with Crippen molar-refractivity contribution in [2.75, 3.05) is 18.5 Å². The fourth-order valence-electron chi connectivity index (χ4n) is 4.11. The second-order valence-electron chi connectivity index (χ2n) is 7.14. The topological polar surface area (TPSA) is 36.4 Å². The molecule has 1 amide bonds. The Hall–Kier alpha value is -2.36. The van der Waals surface area contributed by atoms with Crippen LogP contribution in [0.4, 0.5) is 11.5 Å². The number of nitrogens with zero attached hydrogens (tertiary/aromatic N) is 3. The van der Waals surface area contributed by atoms with Crippen LogP contribution in [-0.4, -0.2) is 35.4 Å². The molecule has 1 saturated carbocycles. The zero-order valence-electron chi connectivity index (χ0n) is 14.8. The number of para-hydroxylation sites is 1. The number of aromatic nitrogens is 1. The highest BCUT2D eigenvalue weighted by atomic mass is 16.2. The van der Waals surface area contributed by atoms with E-state index in [9.17, 15) is 4.79 Å². The molecule has 0 saturated heterocycles. The standard InChI is InChI=1S/C21H25N3O/c1-23(18-8-3-2-4-9-18)21(25)17-11-13-22-20(15-17)24-14-12-16-7-5-6-10-19(16)24/h5-7,10-11,13,15,18H,2-4,8-9,12,14H2,1H3. The molecule has 0 spiro atoms. The van der Waals surface area contributed by atoms with E-state index in [-0.39, 0.29) is 5.91 Å². The van der Waals surface area contributed by atoms with Gasteiger partial charge in [0.1, 0.15) is 5.82 Å². The Morgan fingerprint density at radius 3 is 2.80 bits per heavy atom. The number of pyridine rings is 1. The fourth-order valence-corrected chi connectivity index (χ4v) is 4.11. The second-order valence-corrected chi connectivity index (χ2v) is 7.14. The minimum Gasteiger partial charge on any atom is -0.339 e. The number of hydrogen-bond donors (Lipinski definition) is 0. The van der Waals surface area contributed by atoms with Crippen LogP contribution in [0.2, 0.25) is 0 Å². The van der Waals surface area contributed by atoms with E-state index in [0.29, 0.717) is 6.04 Å². The van der Waals surface area contributed by atoms with E-state index in [2.05, 4.69) is 34.1 Å². The highest BCUT2D eigenvalue weighted by Gasteiger charge is 2.25. The van der Waals surface area contributed by atoms with Crippen molar-refractivity contribution >= 4 is 17.4 Å². The predicted molar refractivity (Wildman–Crippen MR) is 100 cm³/mol. The van der Waals surface area contributed by atoms with Crippen LogP contribution in [0.15, 0.2) is 42.6 Å². The Kier molecular flexibility index (Phi) is 4.43. The minimum atomic E-state index is 0.114. The lowest BCUT2D eigenvalue weighted by Crippen LogP contribution is -2.38. The molecule has 1 aromatic heterocycles. The van der Waals surface area contributed by atoms with Crippen LogP contribution in [0.5, 0.6) is 0 Å². The van der Waals surface area contributed by atoms with Crippen molar-refractivity contribution < 1.29 is 4.79 Å². The molecule has 0 bridgehead atoms. The maximum atomic E-state index is 12.9. The summed E-state index contributed by atoms with van der Waals surface area (Å²) in [5.74, 6) is 0.982. The molecule has 0 atom stereocenters. The third kappa shape index (κ3) is 3.13. The van der Waals surface area contributed by atoms with Crippen molar-refractivity contribution in [1.82, 2.24) is 9.88 Å². The van der Waals surface area contributed by atoms with Crippen LogP contribution in [0.25, 0.3) is 0 Å². The smallest absolute Gasteiger partial charge is 0.254 e. The summed E-state index contributed by atoms with van der Waals surface area (Å²) in [5, 5.41) is 0. The Balaban J connectivity index is 1.56. The van der Waals surface area contributed by atoms with Crippen molar-refractivity contribution in [3.05, 3.63) is 53.7 Å². The van der Waals surface area contributed by atoms with Gasteiger partial charge in [-0.3, -0.25) is 4.79 Å². The zero-order chi connectivity index (χ0) is 17.2. The normalized spacial score (nSPS) is 17.4. The quantitative estimate of drug-likeness (QED) is 0.844. The summed E-state index contributed by atoms with van der Waals surface area (Å²) in [7, 11) is 1.95. The van der Waals surface area contributed by atoms with Gasteiger partial charge in [-0.25, -0.2) is 4.98 Å². The summed E-state index contributed by atoms with van der Waals surface area (Å²) < 4.78 is 0. The van der Waals surface area contributed by atoms with E-state index in [1.165, 1.54) is 30.5 Å². The Labute approximate surface area is 149 Å². The number of amides is 1. The van der Waals surface area contributed by atoms with Gasteiger partial charge in [0.15, 0.2) is 0 Å². The van der Waals surface area contributed by atoms with Crippen molar-refractivity contribution in [1.29, 1.82) is 0 Å². The van der Waals surface area contributed by atoms with Crippen LogP contribution < -0.4 is 4.90 Å². The number of carbonyl (C=O) groups is 1. The van der Waals surface area contributed by atoms with E-state index in [1.54, 1.807) is 6.20 Å². The predicted octanol–water partition coefficient (Wildman–Crippen LogP) is 4.18. The van der Waals surface area contributed by atoms with Crippen LogP contribution in [0.1, 0.15) is 48.0 Å². The van der Waals surface area contributed by atoms with E-state index >= 15 is 0 Å². The molecule has 4 heteroatoms. The van der Waals surface area contributed by atoms with Crippen LogP contribution in [0.3, 0.4) is 0 Å². The number of benzene rings is 1. The van der Waals surface area contributed by atoms with Gasteiger partial charge in [0.25, 0.3) is 5.91 Å². The van der Waals surface area contributed by atoms with Crippen LogP contribution >= 0.6 is 0 Å². The average Bonchev–Trinajstić information content (AvgIpc) is 3.12. The molecule has 1 fully saturated rings. The van der Waals surface area contributed by atoms with Gasteiger partial charge < -0.3 is 9.80 Å². The number of fused-ring (bicyclic) bond motifs is 1. The fraction of sp³-hybridized carbons (Fsp3) is 0.429. The largest absolute Gasteiger partial charge is 0.339 e. The van der Waals surface area contributed by atoms with Gasteiger partial charge in [-0.2, -0.15) is 0 Å². The number of anilines is 2. The molecule has 2 aromatic rings. The summed E-state index contributed by atoms with van der Waals surface area (Å²) in [6, 6.07) is 12.6. The van der Waals surface area contributed by atoms with E-state index in [4.69, 9.17) is 0 Å². The molecule has 130 valence electrons. The van der Waals surface area contributed by atoms with Crippen molar-refractivity contribution in [3.8, 4) is 0 Å². The average molecular weight is 335 g/mol. The molecule has 1 aliphatic carbocycles. The third-order valence-corrected chi connectivity index (χ3v) is 5.60. The monoisotopic (exact) mass is 335 g/mol. The maximum Gasteiger partial charge on any atom is 0.254 e. The first-order chi connectivity index (χ1) is 12.2. The first-order valence-electron chi connectivity index (χ1n) is 9.33. The lowest BCUT2D eigenvalue weighted by atomic mass is 9.94. The highest BCUT2D eigenvalue weighted by molar-refractivity contribution is 5.95. The highest BCUT2D eigenvalue weighted by Crippen LogP contribution is 2.33. The minimum absolute atomic E-state index is 0.114. The van der Waals surface area contributed by atoms with Gasteiger partial charge in [0.05, 0.1) is 0 Å². The molecule has 4 nitrogen and oxygen atoms in total. The van der Waals surface area contributed by atoms with Crippen molar-refractivity contribution in [2.24, 2.45) is 0 Å². The molecule has 4 rings (SSSR count). The lowest BCUT2D eigenvalue weighted by Gasteiger charge is -2.31. The Bertz CT molecular complexity index is 767. The number of hydrogen-bond acceptors (Lipinski definition) is 3. The molecule has 2 heterocycles. The van der Waals surface area contributed by atoms with Crippen molar-refractivity contribution in [2.45, 2.75) is 44.6 Å². The van der Waals surface area contributed by atoms with Gasteiger partial charge in [-0.05, 0) is 43.0 Å². The van der Waals surface area contributed by atoms with Crippen molar-refractivity contribution in [3.63, 3.8) is 0 Å². The summed E-state index contributed by atoms with van der Waals surface area (Å²) in [6.45, 7) is 0.919. The molecule has 1 aromatic carbocycles. The molecular weight excluding hydrogens is 310 g/mol. The summed E-state index contributed by atoms with van der Waals surface area (Å²) >= 11 is 0. The van der Waals surface area contributed by atoms with Gasteiger partial charge in [0, 0.05) is 37.1 Å². The molecular formula is C21H25N3O. The molecule has 25 heavy (non-hydrogen) atoms. The van der Waals surface area contributed by atoms with Gasteiger partial charge in [0.2, 0.25) is 0 Å². The van der Waals surface area contributed by atoms with Crippen LogP contribution in [0, 0.1) is 0 Å². The van der Waals surface area contributed by atoms with Gasteiger partial charge in [-0.1, -0.05) is 37.5 Å². The van der Waals surface area contributed by atoms with Gasteiger partial charge >= 0.3 is 0 Å². The Morgan fingerprint density at radius 1 is 1.16 bits per heavy atom. The molecule has 0 N–H and O–H groups in total. The summed E-state index contributed by atoms with van der Waals surface area (Å²) in [5.41, 5.74) is 3.29. The maximum absolute atomic E-state index is 12.9. The first kappa shape index (κ1) is 16.1. The summed E-state index contributed by atoms with van der Waals surface area (Å²) in [6.07, 6.45) is 8.80. The molecule has 1 aliphatic heterocycles. The second kappa shape index (κ2) is 6.87. The van der Waals surface area contributed by atoms with Gasteiger partial charge in [-0.15, -0.1) is 0 Å². The van der Waals surface area contributed by atoms with E-state index in [0.717, 1.165) is 37.2 Å². The summed E-state index contributed by atoms with van der Waals surface area (Å²) in [4.78, 5) is 21.6. The molecule has 0 radical (unpaired) electrons. The first-order valence-corrected chi connectivity index (χ1v) is 9.33. The third-order valence-electron chi connectivity index (χ3n) is 5.60. The number of rotatable bonds is 3. The Morgan fingerprint density at radius 2 is 1.96 bits per heavy atom. The van der Waals surface area contributed by atoms with Crippen LogP contribution in [-0.2, 0) is 6.42 Å². The molecule has 2 aliphatic rings.